The smallest absolute Gasteiger partial charge is 0.374 e. The van der Waals surface area contributed by atoms with Crippen molar-refractivity contribution in [2.75, 3.05) is 19.8 Å². The Morgan fingerprint density at radius 2 is 1.29 bits per heavy atom. The molecule has 0 bridgehead atoms. The topological polar surface area (TPSA) is 27.7 Å². The molecule has 6 heteroatoms. The molecule has 0 spiro atoms. The molecule has 0 aliphatic carbocycles. The molecule has 0 aromatic rings. The summed E-state index contributed by atoms with van der Waals surface area (Å²) in [5.41, 5.74) is 0. The fourth-order valence-electron chi connectivity index (χ4n) is 1.15. The van der Waals surface area contributed by atoms with E-state index in [0.717, 1.165) is 6.04 Å². The summed E-state index contributed by atoms with van der Waals surface area (Å²) in [6.45, 7) is 7.74. The number of rotatable bonds is 8. The molecule has 0 aliphatic heterocycles. The molecule has 0 heterocycles. The number of hydrogen-bond acceptors (Lipinski definition) is 3. The van der Waals surface area contributed by atoms with Crippen LogP contribution in [0.2, 0.25) is 6.04 Å². The summed E-state index contributed by atoms with van der Waals surface area (Å²) in [6.07, 6.45) is 0. The first kappa shape index (κ1) is 15.1. The standard InChI is InChI=1S/C8H18Br2O3Si/c1-4-11-14(12-5-2,13-6-3)7-8(9)10/h8H,4-7H2,1-3H3. The van der Waals surface area contributed by atoms with Crippen molar-refractivity contribution in [3.8, 4) is 0 Å². The molecule has 0 saturated heterocycles. The van der Waals surface area contributed by atoms with Gasteiger partial charge in [-0.2, -0.15) is 0 Å². The third-order valence-corrected chi connectivity index (χ3v) is 6.43. The Kier molecular flexibility index (Phi) is 8.86. The third kappa shape index (κ3) is 5.82. The maximum atomic E-state index is 5.66. The van der Waals surface area contributed by atoms with Crippen LogP contribution in [0.15, 0.2) is 0 Å². The molecule has 0 fully saturated rings. The van der Waals surface area contributed by atoms with Gasteiger partial charge < -0.3 is 13.3 Å². The molecule has 86 valence electrons. The monoisotopic (exact) mass is 348 g/mol. The molecule has 14 heavy (non-hydrogen) atoms. The SMILES string of the molecule is CCO[Si](CC(Br)Br)(OCC)OCC. The van der Waals surface area contributed by atoms with Gasteiger partial charge in [0.1, 0.15) is 0 Å². The Labute approximate surface area is 104 Å². The number of alkyl halides is 2. The molecule has 3 nitrogen and oxygen atoms in total. The van der Waals surface area contributed by atoms with Crippen molar-refractivity contribution in [3.63, 3.8) is 0 Å². The van der Waals surface area contributed by atoms with Crippen LogP contribution < -0.4 is 0 Å². The van der Waals surface area contributed by atoms with Crippen LogP contribution in [0.25, 0.3) is 0 Å². The highest BCUT2D eigenvalue weighted by Crippen LogP contribution is 2.25. The summed E-state index contributed by atoms with van der Waals surface area (Å²) < 4.78 is 17.1. The second-order valence-electron chi connectivity index (χ2n) is 2.58. The van der Waals surface area contributed by atoms with Crippen LogP contribution >= 0.6 is 31.9 Å². The lowest BCUT2D eigenvalue weighted by Crippen LogP contribution is -2.47. The van der Waals surface area contributed by atoms with Crippen molar-refractivity contribution in [1.29, 1.82) is 0 Å². The Balaban J connectivity index is 4.37. The third-order valence-electron chi connectivity index (χ3n) is 1.50. The summed E-state index contributed by atoms with van der Waals surface area (Å²) in [5.74, 6) is 0. The molecule has 0 amide bonds. The minimum atomic E-state index is -2.45. The van der Waals surface area contributed by atoms with E-state index in [1.54, 1.807) is 0 Å². The Hall–Kier alpha value is 1.06. The van der Waals surface area contributed by atoms with E-state index in [1.165, 1.54) is 0 Å². The van der Waals surface area contributed by atoms with Crippen LogP contribution in [0.5, 0.6) is 0 Å². The number of hydrogen-bond donors (Lipinski definition) is 0. The minimum absolute atomic E-state index is 0.173. The van der Waals surface area contributed by atoms with Gasteiger partial charge in [0.05, 0.1) is 3.74 Å². The van der Waals surface area contributed by atoms with Crippen molar-refractivity contribution in [2.45, 2.75) is 30.6 Å². The zero-order valence-corrected chi connectivity index (χ0v) is 13.1. The highest BCUT2D eigenvalue weighted by Gasteiger charge is 2.41. The quantitative estimate of drug-likeness (QED) is 0.497. The van der Waals surface area contributed by atoms with Gasteiger partial charge in [0, 0.05) is 25.9 Å². The number of halogens is 2. The normalized spacial score (nSPS) is 12.4. The lowest BCUT2D eigenvalue weighted by molar-refractivity contribution is 0.0726. The summed E-state index contributed by atoms with van der Waals surface area (Å²) in [6, 6.07) is 0.739. The molecular weight excluding hydrogens is 332 g/mol. The van der Waals surface area contributed by atoms with E-state index in [-0.39, 0.29) is 3.74 Å². The fourth-order valence-corrected chi connectivity index (χ4v) is 5.83. The summed E-state index contributed by atoms with van der Waals surface area (Å²) in [5, 5.41) is 0. The van der Waals surface area contributed by atoms with Crippen LogP contribution in [0, 0.1) is 0 Å². The van der Waals surface area contributed by atoms with Gasteiger partial charge >= 0.3 is 8.80 Å². The average Bonchev–Trinajstić information content (AvgIpc) is 2.03. The van der Waals surface area contributed by atoms with Gasteiger partial charge in [-0.1, -0.05) is 31.9 Å². The summed E-state index contributed by atoms with van der Waals surface area (Å²) >= 11 is 6.86. The fraction of sp³-hybridized carbons (Fsp3) is 1.00. The predicted octanol–water partition coefficient (Wildman–Crippen LogP) is 3.15. The van der Waals surface area contributed by atoms with Gasteiger partial charge in [0.2, 0.25) is 0 Å². The van der Waals surface area contributed by atoms with Crippen molar-refractivity contribution in [3.05, 3.63) is 0 Å². The Morgan fingerprint density at radius 3 is 1.50 bits per heavy atom. The largest absolute Gasteiger partial charge is 0.502 e. The lowest BCUT2D eigenvalue weighted by atomic mass is 10.9. The van der Waals surface area contributed by atoms with Gasteiger partial charge in [-0.3, -0.25) is 0 Å². The molecule has 0 aromatic carbocycles. The zero-order chi connectivity index (χ0) is 11.0. The highest BCUT2D eigenvalue weighted by molar-refractivity contribution is 9.24. The Morgan fingerprint density at radius 1 is 0.929 bits per heavy atom. The minimum Gasteiger partial charge on any atom is -0.374 e. The maximum absolute atomic E-state index is 5.66. The van der Waals surface area contributed by atoms with E-state index in [9.17, 15) is 0 Å². The van der Waals surface area contributed by atoms with Crippen molar-refractivity contribution >= 4 is 40.7 Å². The molecule has 0 saturated carbocycles. The van der Waals surface area contributed by atoms with Crippen molar-refractivity contribution in [1.82, 2.24) is 0 Å². The molecule has 0 radical (unpaired) electrons. The maximum Gasteiger partial charge on any atom is 0.502 e. The van der Waals surface area contributed by atoms with E-state index in [0.29, 0.717) is 19.8 Å². The summed E-state index contributed by atoms with van der Waals surface area (Å²) in [4.78, 5) is 0. The van der Waals surface area contributed by atoms with E-state index in [1.807, 2.05) is 20.8 Å². The second-order valence-corrected chi connectivity index (χ2v) is 8.66. The first-order valence-electron chi connectivity index (χ1n) is 4.80. The van der Waals surface area contributed by atoms with Crippen LogP contribution in [-0.2, 0) is 13.3 Å². The summed E-state index contributed by atoms with van der Waals surface area (Å²) in [7, 11) is -2.45. The van der Waals surface area contributed by atoms with E-state index in [2.05, 4.69) is 31.9 Å². The molecule has 0 unspecified atom stereocenters. The van der Waals surface area contributed by atoms with Gasteiger partial charge in [0.25, 0.3) is 0 Å². The van der Waals surface area contributed by atoms with E-state index < -0.39 is 8.80 Å². The van der Waals surface area contributed by atoms with Crippen LogP contribution in [0.3, 0.4) is 0 Å². The Bertz CT molecular complexity index is 130. The van der Waals surface area contributed by atoms with Crippen LogP contribution in [0.4, 0.5) is 0 Å². The van der Waals surface area contributed by atoms with Crippen LogP contribution in [-0.4, -0.2) is 32.4 Å². The van der Waals surface area contributed by atoms with Gasteiger partial charge in [-0.05, 0) is 20.8 Å². The molecule has 0 rings (SSSR count). The second kappa shape index (κ2) is 8.24. The van der Waals surface area contributed by atoms with E-state index >= 15 is 0 Å². The molecule has 0 N–H and O–H groups in total. The van der Waals surface area contributed by atoms with E-state index in [4.69, 9.17) is 13.3 Å². The predicted molar refractivity (Wildman–Crippen MR) is 67.1 cm³/mol. The first-order chi connectivity index (χ1) is 6.60. The van der Waals surface area contributed by atoms with Crippen LogP contribution in [0.1, 0.15) is 20.8 Å². The van der Waals surface area contributed by atoms with Crippen molar-refractivity contribution in [2.24, 2.45) is 0 Å². The average molecular weight is 350 g/mol. The van der Waals surface area contributed by atoms with Gasteiger partial charge in [-0.25, -0.2) is 0 Å². The molecular formula is C8H18Br2O3Si. The lowest BCUT2D eigenvalue weighted by Gasteiger charge is -2.28. The first-order valence-corrected chi connectivity index (χ1v) is 8.56. The van der Waals surface area contributed by atoms with Gasteiger partial charge in [-0.15, -0.1) is 0 Å². The molecule has 0 aliphatic rings. The van der Waals surface area contributed by atoms with Crippen molar-refractivity contribution < 1.29 is 13.3 Å². The zero-order valence-electron chi connectivity index (χ0n) is 8.89. The molecule has 0 atom stereocenters. The highest BCUT2D eigenvalue weighted by atomic mass is 79.9. The molecule has 0 aromatic heterocycles. The van der Waals surface area contributed by atoms with Gasteiger partial charge in [0.15, 0.2) is 0 Å².